The molecule has 2 rings (SSSR count). The lowest BCUT2D eigenvalue weighted by molar-refractivity contribution is 0.171. The number of rotatable bonds is 6. The molecule has 0 aliphatic rings. The van der Waals surface area contributed by atoms with Gasteiger partial charge < -0.3 is 14.6 Å². The van der Waals surface area contributed by atoms with Gasteiger partial charge in [0.05, 0.1) is 26.0 Å². The van der Waals surface area contributed by atoms with Crippen LogP contribution in [0.3, 0.4) is 0 Å². The number of nitrogens with zero attached hydrogens (tertiary/aromatic N) is 2. The number of aliphatic hydroxyl groups excluding tert-OH is 1. The zero-order valence-corrected chi connectivity index (χ0v) is 13.0. The molecular weight excluding hydrogens is 268 g/mol. The van der Waals surface area contributed by atoms with Crippen LogP contribution in [0.25, 0.3) is 0 Å². The molecule has 1 unspecified atom stereocenters. The minimum Gasteiger partial charge on any atom is -0.497 e. The second-order valence-corrected chi connectivity index (χ2v) is 4.93. The molecule has 114 valence electrons. The number of benzene rings is 1. The lowest BCUT2D eigenvalue weighted by Crippen LogP contribution is -2.08. The van der Waals surface area contributed by atoms with Crippen molar-refractivity contribution in [2.75, 3.05) is 14.2 Å². The number of ether oxygens (including phenoxy) is 2. The fourth-order valence-electron chi connectivity index (χ4n) is 2.34. The molecule has 2 aromatic rings. The van der Waals surface area contributed by atoms with Crippen LogP contribution in [0, 0.1) is 0 Å². The molecule has 5 nitrogen and oxygen atoms in total. The third kappa shape index (κ3) is 3.36. The second kappa shape index (κ2) is 6.63. The van der Waals surface area contributed by atoms with Crippen molar-refractivity contribution in [3.8, 4) is 11.5 Å². The molecule has 0 aliphatic heterocycles. The minimum absolute atomic E-state index is 0.492. The van der Waals surface area contributed by atoms with Gasteiger partial charge in [0, 0.05) is 30.8 Å². The highest BCUT2D eigenvalue weighted by molar-refractivity contribution is 5.42. The van der Waals surface area contributed by atoms with Crippen molar-refractivity contribution in [1.29, 1.82) is 0 Å². The largest absolute Gasteiger partial charge is 0.497 e. The zero-order chi connectivity index (χ0) is 15.4. The average molecular weight is 290 g/mol. The summed E-state index contributed by atoms with van der Waals surface area (Å²) in [5.41, 5.74) is 2.77. The molecule has 0 bridgehead atoms. The Labute approximate surface area is 125 Å². The Morgan fingerprint density at radius 2 is 2.00 bits per heavy atom. The molecule has 0 saturated carbocycles. The maximum absolute atomic E-state index is 10.5. The van der Waals surface area contributed by atoms with Crippen LogP contribution in [0.4, 0.5) is 0 Å². The van der Waals surface area contributed by atoms with E-state index >= 15 is 0 Å². The summed E-state index contributed by atoms with van der Waals surface area (Å²) in [5, 5.41) is 14.9. The smallest absolute Gasteiger partial charge is 0.128 e. The highest BCUT2D eigenvalue weighted by Gasteiger charge is 2.17. The molecule has 21 heavy (non-hydrogen) atoms. The summed E-state index contributed by atoms with van der Waals surface area (Å²) in [4.78, 5) is 0. The third-order valence-electron chi connectivity index (χ3n) is 3.59. The molecule has 0 amide bonds. The lowest BCUT2D eigenvalue weighted by Gasteiger charge is -2.15. The summed E-state index contributed by atoms with van der Waals surface area (Å²) in [6.07, 6.45) is 0.730. The number of aryl methyl sites for hydroxylation is 2. The molecule has 0 aliphatic carbocycles. The van der Waals surface area contributed by atoms with E-state index in [9.17, 15) is 5.11 Å². The summed E-state index contributed by atoms with van der Waals surface area (Å²) in [7, 11) is 5.09. The van der Waals surface area contributed by atoms with Crippen molar-refractivity contribution in [1.82, 2.24) is 9.78 Å². The third-order valence-corrected chi connectivity index (χ3v) is 3.59. The molecule has 5 heteroatoms. The lowest BCUT2D eigenvalue weighted by atomic mass is 10.0. The van der Waals surface area contributed by atoms with Crippen LogP contribution in [0.2, 0.25) is 0 Å². The average Bonchev–Trinajstić information content (AvgIpc) is 2.86. The van der Waals surface area contributed by atoms with E-state index in [1.807, 2.05) is 29.9 Å². The van der Waals surface area contributed by atoms with E-state index < -0.39 is 6.10 Å². The van der Waals surface area contributed by atoms with Crippen LogP contribution in [-0.2, 0) is 19.9 Å². The van der Waals surface area contributed by atoms with Gasteiger partial charge in [0.1, 0.15) is 11.5 Å². The van der Waals surface area contributed by atoms with Crippen LogP contribution in [0.5, 0.6) is 11.5 Å². The first-order valence-electron chi connectivity index (χ1n) is 7.00. The summed E-state index contributed by atoms with van der Waals surface area (Å²) < 4.78 is 12.3. The molecule has 1 heterocycles. The van der Waals surface area contributed by atoms with Gasteiger partial charge in [-0.2, -0.15) is 5.10 Å². The van der Waals surface area contributed by atoms with Gasteiger partial charge in [0.2, 0.25) is 0 Å². The van der Waals surface area contributed by atoms with E-state index in [-0.39, 0.29) is 0 Å². The quantitative estimate of drug-likeness (QED) is 0.886. The normalized spacial score (nSPS) is 12.2. The van der Waals surface area contributed by atoms with E-state index in [0.29, 0.717) is 17.9 Å². The van der Waals surface area contributed by atoms with Crippen LogP contribution >= 0.6 is 0 Å². The molecule has 1 aromatic heterocycles. The summed E-state index contributed by atoms with van der Waals surface area (Å²) in [6, 6.07) is 7.46. The van der Waals surface area contributed by atoms with Crippen LogP contribution in [0.15, 0.2) is 24.3 Å². The van der Waals surface area contributed by atoms with Gasteiger partial charge in [0.15, 0.2) is 0 Å². The predicted molar refractivity (Wildman–Crippen MR) is 80.8 cm³/mol. The van der Waals surface area contributed by atoms with Crippen molar-refractivity contribution >= 4 is 0 Å². The monoisotopic (exact) mass is 290 g/mol. The summed E-state index contributed by atoms with van der Waals surface area (Å²) in [5.74, 6) is 1.33. The Morgan fingerprint density at radius 3 is 2.57 bits per heavy atom. The minimum atomic E-state index is -0.647. The van der Waals surface area contributed by atoms with Gasteiger partial charge in [-0.1, -0.05) is 6.92 Å². The molecule has 0 radical (unpaired) electrons. The summed E-state index contributed by atoms with van der Waals surface area (Å²) >= 11 is 0. The van der Waals surface area contributed by atoms with Crippen molar-refractivity contribution < 1.29 is 14.6 Å². The number of hydrogen-bond donors (Lipinski definition) is 1. The molecule has 1 N–H and O–H groups in total. The standard InChI is InChI=1S/C16H22N2O3/c1-5-11-8-12(18(2)17-11)9-15(19)14-7-6-13(20-3)10-16(14)21-4/h6-8,10,15,19H,5,9H2,1-4H3. The van der Waals surface area contributed by atoms with Gasteiger partial charge in [0.25, 0.3) is 0 Å². The molecule has 0 fully saturated rings. The van der Waals surface area contributed by atoms with E-state index in [0.717, 1.165) is 23.4 Å². The fraction of sp³-hybridized carbons (Fsp3) is 0.438. The number of aromatic nitrogens is 2. The Balaban J connectivity index is 2.23. The molecule has 0 spiro atoms. The Kier molecular flexibility index (Phi) is 4.85. The van der Waals surface area contributed by atoms with E-state index in [1.165, 1.54) is 0 Å². The molecule has 1 aromatic carbocycles. The Bertz CT molecular complexity index is 608. The number of aliphatic hydroxyl groups is 1. The summed E-state index contributed by atoms with van der Waals surface area (Å²) in [6.45, 7) is 2.06. The van der Waals surface area contributed by atoms with Crippen molar-refractivity contribution in [3.05, 3.63) is 41.2 Å². The SMILES string of the molecule is CCc1cc(CC(O)c2ccc(OC)cc2OC)n(C)n1. The van der Waals surface area contributed by atoms with Crippen LogP contribution in [-0.4, -0.2) is 29.1 Å². The molecule has 0 saturated heterocycles. The van der Waals surface area contributed by atoms with Crippen molar-refractivity contribution in [2.24, 2.45) is 7.05 Å². The van der Waals surface area contributed by atoms with Gasteiger partial charge in [-0.25, -0.2) is 0 Å². The van der Waals surface area contributed by atoms with Gasteiger partial charge in [-0.05, 0) is 24.6 Å². The zero-order valence-electron chi connectivity index (χ0n) is 13.0. The Hall–Kier alpha value is -2.01. The first-order chi connectivity index (χ1) is 10.1. The Morgan fingerprint density at radius 1 is 1.24 bits per heavy atom. The van der Waals surface area contributed by atoms with Gasteiger partial charge in [-0.15, -0.1) is 0 Å². The maximum atomic E-state index is 10.5. The first kappa shape index (κ1) is 15.4. The van der Waals surface area contributed by atoms with Crippen LogP contribution in [0.1, 0.15) is 30.0 Å². The van der Waals surface area contributed by atoms with E-state index in [4.69, 9.17) is 9.47 Å². The second-order valence-electron chi connectivity index (χ2n) is 4.93. The fourth-order valence-corrected chi connectivity index (χ4v) is 2.34. The maximum Gasteiger partial charge on any atom is 0.128 e. The van der Waals surface area contributed by atoms with E-state index in [2.05, 4.69) is 12.0 Å². The van der Waals surface area contributed by atoms with Crippen LogP contribution < -0.4 is 9.47 Å². The molecule has 1 atom stereocenters. The first-order valence-corrected chi connectivity index (χ1v) is 7.00. The van der Waals surface area contributed by atoms with Gasteiger partial charge >= 0.3 is 0 Å². The number of methoxy groups -OCH3 is 2. The highest BCUT2D eigenvalue weighted by atomic mass is 16.5. The van der Waals surface area contributed by atoms with E-state index in [1.54, 1.807) is 20.3 Å². The molecular formula is C16H22N2O3. The highest BCUT2D eigenvalue weighted by Crippen LogP contribution is 2.31. The predicted octanol–water partition coefficient (Wildman–Crippen LogP) is 2.28. The van der Waals surface area contributed by atoms with Crippen molar-refractivity contribution in [2.45, 2.75) is 25.9 Å². The van der Waals surface area contributed by atoms with Gasteiger partial charge in [-0.3, -0.25) is 4.68 Å². The van der Waals surface area contributed by atoms with Crippen molar-refractivity contribution in [3.63, 3.8) is 0 Å². The topological polar surface area (TPSA) is 56.5 Å². The number of hydrogen-bond acceptors (Lipinski definition) is 4.